The highest BCUT2D eigenvalue weighted by atomic mass is 16.1. The first-order valence-corrected chi connectivity index (χ1v) is 8.68. The summed E-state index contributed by atoms with van der Waals surface area (Å²) in [6.07, 6.45) is 7.14. The SMILES string of the molecule is CCn1cncc1CNC(=O)c1cccc(NCc2cccnc2)c1C. The standard InChI is InChI=1S/C20H23N5O/c1-3-25-14-22-12-17(25)13-24-20(26)18-7-4-8-19(15(18)2)23-11-16-6-5-9-21-10-16/h4-10,12,14,23H,3,11,13H2,1-2H3,(H,24,26). The average molecular weight is 349 g/mol. The fourth-order valence-electron chi connectivity index (χ4n) is 2.82. The van der Waals surface area contributed by atoms with Gasteiger partial charge in [-0.2, -0.15) is 0 Å². The zero-order valence-corrected chi connectivity index (χ0v) is 15.1. The number of benzene rings is 1. The summed E-state index contributed by atoms with van der Waals surface area (Å²) < 4.78 is 2.01. The van der Waals surface area contributed by atoms with Gasteiger partial charge in [0.15, 0.2) is 0 Å². The van der Waals surface area contributed by atoms with Gasteiger partial charge in [-0.15, -0.1) is 0 Å². The van der Waals surface area contributed by atoms with Crippen LogP contribution in [0.25, 0.3) is 0 Å². The number of anilines is 1. The number of rotatable bonds is 7. The van der Waals surface area contributed by atoms with Crippen molar-refractivity contribution in [2.24, 2.45) is 0 Å². The summed E-state index contributed by atoms with van der Waals surface area (Å²) in [5.74, 6) is -0.0867. The number of nitrogens with one attached hydrogen (secondary N) is 2. The van der Waals surface area contributed by atoms with Gasteiger partial charge >= 0.3 is 0 Å². The summed E-state index contributed by atoms with van der Waals surface area (Å²) >= 11 is 0. The van der Waals surface area contributed by atoms with Crippen molar-refractivity contribution in [2.75, 3.05) is 5.32 Å². The minimum Gasteiger partial charge on any atom is -0.381 e. The normalized spacial score (nSPS) is 10.5. The third kappa shape index (κ3) is 4.08. The minimum absolute atomic E-state index is 0.0867. The second-order valence-corrected chi connectivity index (χ2v) is 6.05. The van der Waals surface area contributed by atoms with Gasteiger partial charge in [0.05, 0.1) is 18.6 Å². The van der Waals surface area contributed by atoms with Crippen molar-refractivity contribution < 1.29 is 4.79 Å². The number of hydrogen-bond donors (Lipinski definition) is 2. The molecule has 0 saturated carbocycles. The van der Waals surface area contributed by atoms with E-state index in [1.54, 1.807) is 18.7 Å². The summed E-state index contributed by atoms with van der Waals surface area (Å²) in [6.45, 7) is 5.96. The molecule has 1 aromatic carbocycles. The fourth-order valence-corrected chi connectivity index (χ4v) is 2.82. The third-order valence-corrected chi connectivity index (χ3v) is 4.35. The summed E-state index contributed by atoms with van der Waals surface area (Å²) in [4.78, 5) is 20.9. The van der Waals surface area contributed by atoms with Crippen molar-refractivity contribution in [2.45, 2.75) is 33.5 Å². The van der Waals surface area contributed by atoms with Gasteiger partial charge < -0.3 is 15.2 Å². The molecule has 2 heterocycles. The number of hydrogen-bond acceptors (Lipinski definition) is 4. The lowest BCUT2D eigenvalue weighted by Crippen LogP contribution is -2.25. The smallest absolute Gasteiger partial charge is 0.251 e. The van der Waals surface area contributed by atoms with Crippen molar-refractivity contribution in [1.82, 2.24) is 19.9 Å². The molecule has 0 aliphatic rings. The van der Waals surface area contributed by atoms with Crippen LogP contribution in [0.1, 0.15) is 34.1 Å². The highest BCUT2D eigenvalue weighted by molar-refractivity contribution is 5.97. The molecule has 0 unspecified atom stereocenters. The molecule has 0 saturated heterocycles. The van der Waals surface area contributed by atoms with Crippen LogP contribution >= 0.6 is 0 Å². The van der Waals surface area contributed by atoms with E-state index in [1.807, 2.05) is 48.0 Å². The lowest BCUT2D eigenvalue weighted by Gasteiger charge is -2.14. The molecular weight excluding hydrogens is 326 g/mol. The van der Waals surface area contributed by atoms with E-state index in [0.29, 0.717) is 18.7 Å². The monoisotopic (exact) mass is 349 g/mol. The molecule has 0 atom stereocenters. The molecule has 3 rings (SSSR count). The molecule has 2 N–H and O–H groups in total. The molecule has 0 fully saturated rings. The van der Waals surface area contributed by atoms with E-state index in [4.69, 9.17) is 0 Å². The topological polar surface area (TPSA) is 71.8 Å². The highest BCUT2D eigenvalue weighted by Gasteiger charge is 2.12. The Labute approximate surface area is 153 Å². The molecule has 1 amide bonds. The molecule has 0 aliphatic heterocycles. The second kappa shape index (κ2) is 8.29. The van der Waals surface area contributed by atoms with E-state index >= 15 is 0 Å². The number of carbonyl (C=O) groups excluding carboxylic acids is 1. The van der Waals surface area contributed by atoms with Crippen molar-refractivity contribution in [3.05, 3.63) is 77.6 Å². The van der Waals surface area contributed by atoms with Gasteiger partial charge in [-0.05, 0) is 43.2 Å². The highest BCUT2D eigenvalue weighted by Crippen LogP contribution is 2.20. The number of imidazole rings is 1. The third-order valence-electron chi connectivity index (χ3n) is 4.35. The summed E-state index contributed by atoms with van der Waals surface area (Å²) in [5, 5.41) is 6.36. The number of aryl methyl sites for hydroxylation is 1. The summed E-state index contributed by atoms with van der Waals surface area (Å²) in [6, 6.07) is 9.65. The molecule has 6 heteroatoms. The van der Waals surface area contributed by atoms with Crippen molar-refractivity contribution >= 4 is 11.6 Å². The van der Waals surface area contributed by atoms with Crippen molar-refractivity contribution in [1.29, 1.82) is 0 Å². The molecule has 6 nitrogen and oxygen atoms in total. The maximum Gasteiger partial charge on any atom is 0.251 e. The Hall–Kier alpha value is -3.15. The number of aromatic nitrogens is 3. The molecule has 3 aromatic rings. The average Bonchev–Trinajstić information content (AvgIpc) is 3.13. The van der Waals surface area contributed by atoms with Gasteiger partial charge in [0.25, 0.3) is 5.91 Å². The summed E-state index contributed by atoms with van der Waals surface area (Å²) in [7, 11) is 0. The molecule has 2 aromatic heterocycles. The van der Waals surface area contributed by atoms with Gasteiger partial charge in [0.2, 0.25) is 0 Å². The lowest BCUT2D eigenvalue weighted by molar-refractivity contribution is 0.0949. The predicted molar refractivity (Wildman–Crippen MR) is 102 cm³/mol. The Morgan fingerprint density at radius 2 is 2.00 bits per heavy atom. The van der Waals surface area contributed by atoms with Crippen LogP contribution in [0.2, 0.25) is 0 Å². The molecule has 0 bridgehead atoms. The van der Waals surface area contributed by atoms with Crippen LogP contribution in [0.3, 0.4) is 0 Å². The molecule has 134 valence electrons. The molecule has 0 radical (unpaired) electrons. The van der Waals surface area contributed by atoms with E-state index < -0.39 is 0 Å². The van der Waals surface area contributed by atoms with Crippen molar-refractivity contribution in [3.8, 4) is 0 Å². The molecule has 26 heavy (non-hydrogen) atoms. The van der Waals surface area contributed by atoms with Crippen LogP contribution < -0.4 is 10.6 Å². The minimum atomic E-state index is -0.0867. The Morgan fingerprint density at radius 1 is 1.12 bits per heavy atom. The van der Waals surface area contributed by atoms with Crippen LogP contribution in [0, 0.1) is 6.92 Å². The van der Waals surface area contributed by atoms with Crippen LogP contribution in [0.4, 0.5) is 5.69 Å². The van der Waals surface area contributed by atoms with Crippen LogP contribution in [0.5, 0.6) is 0 Å². The first-order chi connectivity index (χ1) is 12.7. The van der Waals surface area contributed by atoms with Gasteiger partial charge in [-0.1, -0.05) is 12.1 Å². The van der Waals surface area contributed by atoms with Crippen LogP contribution in [-0.2, 0) is 19.6 Å². The van der Waals surface area contributed by atoms with Crippen LogP contribution in [-0.4, -0.2) is 20.4 Å². The fraction of sp³-hybridized carbons (Fsp3) is 0.250. The Morgan fingerprint density at radius 3 is 2.77 bits per heavy atom. The Bertz CT molecular complexity index is 873. The zero-order chi connectivity index (χ0) is 18.4. The molecular formula is C20H23N5O. The number of carbonyl (C=O) groups is 1. The second-order valence-electron chi connectivity index (χ2n) is 6.05. The molecule has 0 spiro atoms. The lowest BCUT2D eigenvalue weighted by atomic mass is 10.1. The van der Waals surface area contributed by atoms with Gasteiger partial charge in [-0.25, -0.2) is 4.98 Å². The van der Waals surface area contributed by atoms with Gasteiger partial charge in [0.1, 0.15) is 0 Å². The maximum absolute atomic E-state index is 12.6. The van der Waals surface area contributed by atoms with E-state index in [2.05, 4.69) is 27.5 Å². The first-order valence-electron chi connectivity index (χ1n) is 8.68. The number of pyridine rings is 1. The number of nitrogens with zero attached hydrogens (tertiary/aromatic N) is 3. The van der Waals surface area contributed by atoms with Gasteiger partial charge in [0, 0.05) is 42.9 Å². The Balaban J connectivity index is 1.67. The first kappa shape index (κ1) is 17.7. The van der Waals surface area contributed by atoms with E-state index in [-0.39, 0.29) is 5.91 Å². The largest absolute Gasteiger partial charge is 0.381 e. The van der Waals surface area contributed by atoms with E-state index in [0.717, 1.165) is 29.1 Å². The van der Waals surface area contributed by atoms with Crippen molar-refractivity contribution in [3.63, 3.8) is 0 Å². The predicted octanol–water partition coefficient (Wildman–Crippen LogP) is 3.15. The quantitative estimate of drug-likeness (QED) is 0.687. The van der Waals surface area contributed by atoms with E-state index in [9.17, 15) is 4.79 Å². The Kier molecular flexibility index (Phi) is 5.63. The maximum atomic E-state index is 12.6. The number of amides is 1. The zero-order valence-electron chi connectivity index (χ0n) is 15.1. The van der Waals surface area contributed by atoms with Gasteiger partial charge in [-0.3, -0.25) is 9.78 Å². The van der Waals surface area contributed by atoms with E-state index in [1.165, 1.54) is 0 Å². The summed E-state index contributed by atoms with van der Waals surface area (Å²) in [5.41, 5.74) is 4.63. The molecule has 0 aliphatic carbocycles. The van der Waals surface area contributed by atoms with Crippen LogP contribution in [0.15, 0.2) is 55.2 Å².